The van der Waals surface area contributed by atoms with Crippen LogP contribution in [0, 0.1) is 6.92 Å². The SMILES string of the molecule is Cc1cc(C(C)(C)C)ccc1-c1cnc(CCl)[nH]1. The molecule has 1 aromatic heterocycles. The number of H-pyrrole nitrogens is 1. The van der Waals surface area contributed by atoms with Crippen LogP contribution in [0.15, 0.2) is 24.4 Å². The number of halogens is 1. The Morgan fingerprint density at radius 3 is 2.50 bits per heavy atom. The van der Waals surface area contributed by atoms with E-state index in [2.05, 4.69) is 55.9 Å². The lowest BCUT2D eigenvalue weighted by atomic mass is 9.85. The largest absolute Gasteiger partial charge is 0.341 e. The maximum atomic E-state index is 5.76. The van der Waals surface area contributed by atoms with Crippen molar-refractivity contribution < 1.29 is 0 Å². The Morgan fingerprint density at radius 2 is 2.00 bits per heavy atom. The van der Waals surface area contributed by atoms with Gasteiger partial charge in [-0.1, -0.05) is 39.0 Å². The second-order valence-electron chi connectivity index (χ2n) is 5.66. The van der Waals surface area contributed by atoms with Crippen LogP contribution in [0.5, 0.6) is 0 Å². The molecule has 0 bridgehead atoms. The van der Waals surface area contributed by atoms with Gasteiger partial charge >= 0.3 is 0 Å². The summed E-state index contributed by atoms with van der Waals surface area (Å²) in [4.78, 5) is 7.47. The Balaban J connectivity index is 2.41. The third-order valence-corrected chi connectivity index (χ3v) is 3.39. The molecule has 1 heterocycles. The van der Waals surface area contributed by atoms with Gasteiger partial charge in [0.2, 0.25) is 0 Å². The second kappa shape index (κ2) is 4.77. The van der Waals surface area contributed by atoms with E-state index in [0.717, 1.165) is 11.5 Å². The van der Waals surface area contributed by atoms with Gasteiger partial charge in [-0.15, -0.1) is 11.6 Å². The van der Waals surface area contributed by atoms with Crippen molar-refractivity contribution in [3.8, 4) is 11.3 Å². The summed E-state index contributed by atoms with van der Waals surface area (Å²) in [5, 5.41) is 0. The predicted molar refractivity (Wildman–Crippen MR) is 77.0 cm³/mol. The first kappa shape index (κ1) is 13.2. The quantitative estimate of drug-likeness (QED) is 0.798. The van der Waals surface area contributed by atoms with Gasteiger partial charge in [0, 0.05) is 5.56 Å². The number of aromatic nitrogens is 2. The highest BCUT2D eigenvalue weighted by atomic mass is 35.5. The van der Waals surface area contributed by atoms with Gasteiger partial charge in [0.1, 0.15) is 5.82 Å². The van der Waals surface area contributed by atoms with Crippen molar-refractivity contribution in [2.75, 3.05) is 0 Å². The van der Waals surface area contributed by atoms with Crippen molar-refractivity contribution in [3.05, 3.63) is 41.3 Å². The van der Waals surface area contributed by atoms with Crippen molar-refractivity contribution >= 4 is 11.6 Å². The third-order valence-electron chi connectivity index (χ3n) is 3.14. The second-order valence-corrected chi connectivity index (χ2v) is 5.92. The van der Waals surface area contributed by atoms with Crippen LogP contribution in [0.2, 0.25) is 0 Å². The lowest BCUT2D eigenvalue weighted by molar-refractivity contribution is 0.590. The number of aryl methyl sites for hydroxylation is 1. The number of alkyl halides is 1. The number of nitrogens with one attached hydrogen (secondary N) is 1. The first-order chi connectivity index (χ1) is 8.41. The number of benzene rings is 1. The molecular weight excluding hydrogens is 244 g/mol. The van der Waals surface area contributed by atoms with Crippen LogP contribution in [0.25, 0.3) is 11.3 Å². The van der Waals surface area contributed by atoms with E-state index in [0.29, 0.717) is 5.88 Å². The fourth-order valence-electron chi connectivity index (χ4n) is 2.00. The smallest absolute Gasteiger partial charge is 0.121 e. The number of hydrogen-bond acceptors (Lipinski definition) is 1. The summed E-state index contributed by atoms with van der Waals surface area (Å²) in [6.45, 7) is 8.81. The van der Waals surface area contributed by atoms with Crippen LogP contribution < -0.4 is 0 Å². The van der Waals surface area contributed by atoms with E-state index < -0.39 is 0 Å². The van der Waals surface area contributed by atoms with Crippen molar-refractivity contribution in [2.24, 2.45) is 0 Å². The van der Waals surface area contributed by atoms with E-state index in [9.17, 15) is 0 Å². The highest BCUT2D eigenvalue weighted by molar-refractivity contribution is 6.16. The first-order valence-corrected chi connectivity index (χ1v) is 6.66. The number of nitrogens with zero attached hydrogens (tertiary/aromatic N) is 1. The number of rotatable bonds is 2. The molecule has 2 aromatic rings. The van der Waals surface area contributed by atoms with Crippen LogP contribution in [-0.4, -0.2) is 9.97 Å². The molecule has 0 aliphatic carbocycles. The van der Waals surface area contributed by atoms with E-state index in [1.54, 1.807) is 0 Å². The molecule has 18 heavy (non-hydrogen) atoms. The molecule has 1 N–H and O–H groups in total. The summed E-state index contributed by atoms with van der Waals surface area (Å²) in [6.07, 6.45) is 1.84. The Hall–Kier alpha value is -1.28. The fourth-order valence-corrected chi connectivity index (χ4v) is 2.14. The predicted octanol–water partition coefficient (Wildman–Crippen LogP) is 4.42. The molecule has 0 fully saturated rings. The molecular formula is C15H19ClN2. The molecule has 0 amide bonds. The molecule has 0 saturated carbocycles. The molecule has 0 atom stereocenters. The van der Waals surface area contributed by atoms with Gasteiger partial charge in [-0.05, 0) is 23.5 Å². The van der Waals surface area contributed by atoms with Crippen LogP contribution in [0.4, 0.5) is 0 Å². The number of hydrogen-bond donors (Lipinski definition) is 1. The van der Waals surface area contributed by atoms with Crippen molar-refractivity contribution in [1.82, 2.24) is 9.97 Å². The normalized spacial score (nSPS) is 11.8. The Bertz CT molecular complexity index is 550. The zero-order valence-corrected chi connectivity index (χ0v) is 12.1. The standard InChI is InChI=1S/C15H19ClN2/c1-10-7-11(15(2,3)4)5-6-12(10)13-9-17-14(8-16)18-13/h5-7,9H,8H2,1-4H3,(H,17,18). The van der Waals surface area contributed by atoms with Crippen LogP contribution in [0.1, 0.15) is 37.7 Å². The highest BCUT2D eigenvalue weighted by Crippen LogP contribution is 2.28. The zero-order valence-electron chi connectivity index (χ0n) is 11.3. The lowest BCUT2D eigenvalue weighted by Gasteiger charge is -2.20. The van der Waals surface area contributed by atoms with E-state index in [1.807, 2.05) is 6.20 Å². The maximum Gasteiger partial charge on any atom is 0.121 e. The van der Waals surface area contributed by atoms with Gasteiger partial charge in [-0.2, -0.15) is 0 Å². The van der Waals surface area contributed by atoms with Crippen LogP contribution in [0.3, 0.4) is 0 Å². The van der Waals surface area contributed by atoms with E-state index in [-0.39, 0.29) is 5.41 Å². The minimum absolute atomic E-state index is 0.179. The van der Waals surface area contributed by atoms with Gasteiger partial charge in [0.05, 0.1) is 17.8 Å². The fraction of sp³-hybridized carbons (Fsp3) is 0.400. The molecule has 3 heteroatoms. The Labute approximate surface area is 113 Å². The summed E-state index contributed by atoms with van der Waals surface area (Å²) in [7, 11) is 0. The van der Waals surface area contributed by atoms with E-state index in [1.165, 1.54) is 16.7 Å². The Morgan fingerprint density at radius 1 is 1.28 bits per heavy atom. The third kappa shape index (κ3) is 2.59. The summed E-state index contributed by atoms with van der Waals surface area (Å²) in [5.41, 5.74) is 5.00. The highest BCUT2D eigenvalue weighted by Gasteiger charge is 2.15. The van der Waals surface area contributed by atoms with Crippen LogP contribution >= 0.6 is 11.6 Å². The van der Waals surface area contributed by atoms with Gasteiger partial charge < -0.3 is 4.98 Å². The minimum atomic E-state index is 0.179. The van der Waals surface area contributed by atoms with Crippen molar-refractivity contribution in [1.29, 1.82) is 0 Å². The molecule has 0 aliphatic heterocycles. The minimum Gasteiger partial charge on any atom is -0.341 e. The zero-order chi connectivity index (χ0) is 13.3. The molecule has 0 saturated heterocycles. The van der Waals surface area contributed by atoms with E-state index >= 15 is 0 Å². The van der Waals surface area contributed by atoms with E-state index in [4.69, 9.17) is 11.6 Å². The summed E-state index contributed by atoms with van der Waals surface area (Å²) < 4.78 is 0. The lowest BCUT2D eigenvalue weighted by Crippen LogP contribution is -2.11. The molecule has 2 nitrogen and oxygen atoms in total. The molecule has 1 aromatic carbocycles. The summed E-state index contributed by atoms with van der Waals surface area (Å²) >= 11 is 5.76. The van der Waals surface area contributed by atoms with Gasteiger partial charge in [0.25, 0.3) is 0 Å². The molecule has 2 rings (SSSR count). The summed E-state index contributed by atoms with van der Waals surface area (Å²) in [6, 6.07) is 6.58. The average Bonchev–Trinajstić information content (AvgIpc) is 2.76. The maximum absolute atomic E-state index is 5.76. The Kier molecular flexibility index (Phi) is 3.49. The number of imidazole rings is 1. The van der Waals surface area contributed by atoms with Crippen LogP contribution in [-0.2, 0) is 11.3 Å². The van der Waals surface area contributed by atoms with Crippen molar-refractivity contribution in [2.45, 2.75) is 39.0 Å². The molecule has 0 unspecified atom stereocenters. The van der Waals surface area contributed by atoms with Gasteiger partial charge in [-0.25, -0.2) is 4.98 Å². The summed E-state index contributed by atoms with van der Waals surface area (Å²) in [5.74, 6) is 1.23. The molecule has 0 spiro atoms. The molecule has 0 radical (unpaired) electrons. The van der Waals surface area contributed by atoms with Gasteiger partial charge in [0.15, 0.2) is 0 Å². The topological polar surface area (TPSA) is 28.7 Å². The number of aromatic amines is 1. The monoisotopic (exact) mass is 262 g/mol. The van der Waals surface area contributed by atoms with Crippen molar-refractivity contribution in [3.63, 3.8) is 0 Å². The molecule has 96 valence electrons. The molecule has 0 aliphatic rings. The average molecular weight is 263 g/mol. The first-order valence-electron chi connectivity index (χ1n) is 6.13. The van der Waals surface area contributed by atoms with Gasteiger partial charge in [-0.3, -0.25) is 0 Å².